The molecule has 2 rings (SSSR count). The maximum Gasteiger partial charge on any atom is 0.123 e. The van der Waals surface area contributed by atoms with Gasteiger partial charge in [0.1, 0.15) is 24.7 Å². The number of rotatable bonds is 8. The minimum atomic E-state index is -0.0524. The molecule has 2 aromatic carbocycles. The molecule has 112 valence electrons. The molecule has 0 radical (unpaired) electrons. The number of methoxy groups -OCH3 is 1. The van der Waals surface area contributed by atoms with Crippen molar-refractivity contribution >= 4 is 0 Å². The fourth-order valence-electron chi connectivity index (χ4n) is 1.87. The van der Waals surface area contributed by atoms with Crippen LogP contribution in [0.2, 0.25) is 0 Å². The molecule has 1 N–H and O–H groups in total. The number of aliphatic hydroxyl groups is 1. The SMILES string of the molecule is COCCOc1cc(CO)cc(OCc2ccccc2)c1. The van der Waals surface area contributed by atoms with Gasteiger partial charge in [-0.1, -0.05) is 30.3 Å². The summed E-state index contributed by atoms with van der Waals surface area (Å²) in [5.74, 6) is 1.35. The molecule has 0 atom stereocenters. The molecule has 0 saturated heterocycles. The van der Waals surface area contributed by atoms with Crippen molar-refractivity contribution in [1.82, 2.24) is 0 Å². The van der Waals surface area contributed by atoms with E-state index in [0.717, 1.165) is 11.1 Å². The van der Waals surface area contributed by atoms with Crippen molar-refractivity contribution in [3.05, 3.63) is 59.7 Å². The Bertz CT molecular complexity index is 540. The van der Waals surface area contributed by atoms with Gasteiger partial charge >= 0.3 is 0 Å². The molecule has 0 aromatic heterocycles. The van der Waals surface area contributed by atoms with Crippen LogP contribution in [0, 0.1) is 0 Å². The monoisotopic (exact) mass is 288 g/mol. The number of hydrogen-bond donors (Lipinski definition) is 1. The maximum absolute atomic E-state index is 9.31. The Morgan fingerprint density at radius 1 is 0.857 bits per heavy atom. The second-order valence-corrected chi connectivity index (χ2v) is 4.59. The van der Waals surface area contributed by atoms with Gasteiger partial charge in [0, 0.05) is 13.2 Å². The molecule has 0 aliphatic rings. The molecule has 21 heavy (non-hydrogen) atoms. The van der Waals surface area contributed by atoms with Gasteiger partial charge in [-0.05, 0) is 23.3 Å². The van der Waals surface area contributed by atoms with E-state index in [0.29, 0.717) is 31.3 Å². The summed E-state index contributed by atoms with van der Waals surface area (Å²) in [5, 5.41) is 9.31. The van der Waals surface area contributed by atoms with Gasteiger partial charge in [-0.2, -0.15) is 0 Å². The number of ether oxygens (including phenoxy) is 3. The summed E-state index contributed by atoms with van der Waals surface area (Å²) in [4.78, 5) is 0. The molecule has 0 amide bonds. The third-order valence-corrected chi connectivity index (χ3v) is 2.93. The van der Waals surface area contributed by atoms with E-state index in [4.69, 9.17) is 14.2 Å². The highest BCUT2D eigenvalue weighted by Crippen LogP contribution is 2.24. The van der Waals surface area contributed by atoms with Crippen molar-refractivity contribution in [2.24, 2.45) is 0 Å². The lowest BCUT2D eigenvalue weighted by Crippen LogP contribution is -2.05. The first-order valence-corrected chi connectivity index (χ1v) is 6.85. The molecular weight excluding hydrogens is 268 g/mol. The van der Waals surface area contributed by atoms with Gasteiger partial charge in [-0.25, -0.2) is 0 Å². The summed E-state index contributed by atoms with van der Waals surface area (Å²) in [6.07, 6.45) is 0. The largest absolute Gasteiger partial charge is 0.491 e. The highest BCUT2D eigenvalue weighted by atomic mass is 16.5. The minimum Gasteiger partial charge on any atom is -0.491 e. The Morgan fingerprint density at radius 3 is 2.24 bits per heavy atom. The van der Waals surface area contributed by atoms with Crippen LogP contribution in [-0.2, 0) is 18.0 Å². The van der Waals surface area contributed by atoms with Gasteiger partial charge in [0.15, 0.2) is 0 Å². The fourth-order valence-corrected chi connectivity index (χ4v) is 1.87. The molecule has 0 heterocycles. The molecule has 4 heteroatoms. The van der Waals surface area contributed by atoms with E-state index in [9.17, 15) is 5.11 Å². The van der Waals surface area contributed by atoms with Crippen molar-refractivity contribution in [1.29, 1.82) is 0 Å². The van der Waals surface area contributed by atoms with E-state index in [-0.39, 0.29) is 6.61 Å². The van der Waals surface area contributed by atoms with Crippen LogP contribution in [0.5, 0.6) is 11.5 Å². The van der Waals surface area contributed by atoms with Crippen LogP contribution in [0.1, 0.15) is 11.1 Å². The first-order valence-electron chi connectivity index (χ1n) is 6.85. The quantitative estimate of drug-likeness (QED) is 0.759. The van der Waals surface area contributed by atoms with Gasteiger partial charge in [-0.15, -0.1) is 0 Å². The summed E-state index contributed by atoms with van der Waals surface area (Å²) in [5.41, 5.74) is 1.85. The van der Waals surface area contributed by atoms with E-state index < -0.39 is 0 Å². The van der Waals surface area contributed by atoms with Crippen LogP contribution in [-0.4, -0.2) is 25.4 Å². The molecule has 0 spiro atoms. The van der Waals surface area contributed by atoms with Crippen molar-refractivity contribution < 1.29 is 19.3 Å². The zero-order valence-corrected chi connectivity index (χ0v) is 12.1. The fraction of sp³-hybridized carbons (Fsp3) is 0.294. The van der Waals surface area contributed by atoms with E-state index in [1.807, 2.05) is 42.5 Å². The first-order chi connectivity index (χ1) is 10.3. The molecule has 0 fully saturated rings. The second kappa shape index (κ2) is 8.29. The Morgan fingerprint density at radius 2 is 1.57 bits per heavy atom. The van der Waals surface area contributed by atoms with Gasteiger partial charge in [-0.3, -0.25) is 0 Å². The summed E-state index contributed by atoms with van der Waals surface area (Å²) in [6, 6.07) is 15.4. The lowest BCUT2D eigenvalue weighted by Gasteiger charge is -2.11. The van der Waals surface area contributed by atoms with Gasteiger partial charge < -0.3 is 19.3 Å². The average molecular weight is 288 g/mol. The molecule has 0 bridgehead atoms. The van der Waals surface area contributed by atoms with Crippen LogP contribution in [0.4, 0.5) is 0 Å². The Labute approximate surface area is 124 Å². The minimum absolute atomic E-state index is 0.0524. The van der Waals surface area contributed by atoms with E-state index in [1.54, 1.807) is 13.2 Å². The topological polar surface area (TPSA) is 47.9 Å². The molecule has 0 unspecified atom stereocenters. The van der Waals surface area contributed by atoms with Crippen molar-refractivity contribution in [2.45, 2.75) is 13.2 Å². The molecular formula is C17H20O4. The summed E-state index contributed by atoms with van der Waals surface area (Å²) in [6.45, 7) is 1.41. The molecule has 4 nitrogen and oxygen atoms in total. The third kappa shape index (κ3) is 5.10. The van der Waals surface area contributed by atoms with Crippen LogP contribution < -0.4 is 9.47 Å². The lowest BCUT2D eigenvalue weighted by atomic mass is 10.2. The van der Waals surface area contributed by atoms with Crippen LogP contribution in [0.25, 0.3) is 0 Å². The molecule has 0 saturated carbocycles. The van der Waals surface area contributed by atoms with Gasteiger partial charge in [0.05, 0.1) is 13.2 Å². The Kier molecular flexibility index (Phi) is 6.06. The predicted molar refractivity (Wildman–Crippen MR) is 80.5 cm³/mol. The maximum atomic E-state index is 9.31. The van der Waals surface area contributed by atoms with E-state index in [1.165, 1.54) is 0 Å². The molecule has 0 aliphatic heterocycles. The summed E-state index contributed by atoms with van der Waals surface area (Å²) in [7, 11) is 1.63. The van der Waals surface area contributed by atoms with Gasteiger partial charge in [0.2, 0.25) is 0 Å². The number of hydrogen-bond acceptors (Lipinski definition) is 4. The first kappa shape index (κ1) is 15.4. The number of aliphatic hydroxyl groups excluding tert-OH is 1. The van der Waals surface area contributed by atoms with Crippen molar-refractivity contribution in [3.8, 4) is 11.5 Å². The Balaban J connectivity index is 2.02. The predicted octanol–water partition coefficient (Wildman–Crippen LogP) is 2.78. The summed E-state index contributed by atoms with van der Waals surface area (Å²) < 4.78 is 16.3. The molecule has 2 aromatic rings. The van der Waals surface area contributed by atoms with Crippen molar-refractivity contribution in [3.63, 3.8) is 0 Å². The number of benzene rings is 2. The smallest absolute Gasteiger partial charge is 0.123 e. The standard InChI is InChI=1S/C17H20O4/c1-19-7-8-20-16-9-15(12-18)10-17(11-16)21-13-14-5-3-2-4-6-14/h2-6,9-11,18H,7-8,12-13H2,1H3. The van der Waals surface area contributed by atoms with Crippen LogP contribution in [0.3, 0.4) is 0 Å². The highest BCUT2D eigenvalue weighted by molar-refractivity contribution is 5.38. The lowest BCUT2D eigenvalue weighted by molar-refractivity contribution is 0.146. The Hall–Kier alpha value is -2.04. The van der Waals surface area contributed by atoms with Crippen molar-refractivity contribution in [2.75, 3.05) is 20.3 Å². The summed E-state index contributed by atoms with van der Waals surface area (Å²) >= 11 is 0. The van der Waals surface area contributed by atoms with Crippen LogP contribution >= 0.6 is 0 Å². The second-order valence-electron chi connectivity index (χ2n) is 4.59. The van der Waals surface area contributed by atoms with E-state index in [2.05, 4.69) is 0 Å². The van der Waals surface area contributed by atoms with Gasteiger partial charge in [0.25, 0.3) is 0 Å². The normalized spacial score (nSPS) is 10.4. The van der Waals surface area contributed by atoms with Crippen LogP contribution in [0.15, 0.2) is 48.5 Å². The average Bonchev–Trinajstić information content (AvgIpc) is 2.54. The zero-order chi connectivity index (χ0) is 14.9. The highest BCUT2D eigenvalue weighted by Gasteiger charge is 2.03. The molecule has 0 aliphatic carbocycles. The van der Waals surface area contributed by atoms with E-state index >= 15 is 0 Å². The zero-order valence-electron chi connectivity index (χ0n) is 12.1. The third-order valence-electron chi connectivity index (χ3n) is 2.93.